The monoisotopic (exact) mass is 226 g/mol. The second-order valence-corrected chi connectivity index (χ2v) is 4.19. The van der Waals surface area contributed by atoms with Gasteiger partial charge in [-0.3, -0.25) is 0 Å². The van der Waals surface area contributed by atoms with Crippen molar-refractivity contribution in [1.29, 1.82) is 0 Å². The Balaban J connectivity index is 3.08. The first-order chi connectivity index (χ1) is 5.88. The van der Waals surface area contributed by atoms with Gasteiger partial charge in [-0.15, -0.1) is 3.89 Å². The van der Waals surface area contributed by atoms with Crippen LogP contribution in [0, 0.1) is 5.82 Å². The standard InChI is InChI=1S/C7H5ClF2O2S/c8-7-2-1-6(9)3-5(7)4-13(10,11)12/h1-3H,4H2. The van der Waals surface area contributed by atoms with Crippen LogP contribution < -0.4 is 0 Å². The van der Waals surface area contributed by atoms with Crippen LogP contribution in [0.3, 0.4) is 0 Å². The first-order valence-electron chi connectivity index (χ1n) is 3.25. The molecule has 0 radical (unpaired) electrons. The molecule has 0 saturated heterocycles. The minimum atomic E-state index is -4.67. The summed E-state index contributed by atoms with van der Waals surface area (Å²) in [5, 5.41) is 0.0302. The Morgan fingerprint density at radius 1 is 1.38 bits per heavy atom. The Labute approximate surface area is 79.4 Å². The number of benzene rings is 1. The van der Waals surface area contributed by atoms with Gasteiger partial charge in [-0.2, -0.15) is 8.42 Å². The average Bonchev–Trinajstić information content (AvgIpc) is 1.94. The number of halogens is 3. The topological polar surface area (TPSA) is 34.1 Å². The third kappa shape index (κ3) is 3.28. The zero-order valence-electron chi connectivity index (χ0n) is 6.30. The molecule has 0 heterocycles. The van der Waals surface area contributed by atoms with Crippen LogP contribution in [0.2, 0.25) is 5.02 Å². The minimum absolute atomic E-state index is 0.0302. The molecule has 0 amide bonds. The van der Waals surface area contributed by atoms with Crippen LogP contribution in [-0.4, -0.2) is 8.42 Å². The quantitative estimate of drug-likeness (QED) is 0.725. The highest BCUT2D eigenvalue weighted by atomic mass is 35.5. The highest BCUT2D eigenvalue weighted by Crippen LogP contribution is 2.19. The van der Waals surface area contributed by atoms with Crippen LogP contribution >= 0.6 is 11.6 Å². The zero-order valence-corrected chi connectivity index (χ0v) is 7.87. The molecule has 0 spiro atoms. The Morgan fingerprint density at radius 2 is 2.00 bits per heavy atom. The Bertz CT molecular complexity index is 417. The fourth-order valence-corrected chi connectivity index (χ4v) is 1.71. The van der Waals surface area contributed by atoms with E-state index < -0.39 is 21.8 Å². The largest absolute Gasteiger partial charge is 0.306 e. The molecular weight excluding hydrogens is 222 g/mol. The molecule has 2 nitrogen and oxygen atoms in total. The van der Waals surface area contributed by atoms with Crippen LogP contribution in [0.5, 0.6) is 0 Å². The van der Waals surface area contributed by atoms with Crippen LogP contribution in [0.25, 0.3) is 0 Å². The molecule has 0 atom stereocenters. The van der Waals surface area contributed by atoms with E-state index in [1.54, 1.807) is 0 Å². The molecule has 0 fully saturated rings. The predicted molar refractivity (Wildman–Crippen MR) is 45.1 cm³/mol. The van der Waals surface area contributed by atoms with E-state index in [-0.39, 0.29) is 10.6 Å². The summed E-state index contributed by atoms with van der Waals surface area (Å²) in [5.74, 6) is -1.55. The molecule has 0 aliphatic heterocycles. The second kappa shape index (κ2) is 3.59. The maximum absolute atomic E-state index is 12.5. The van der Waals surface area contributed by atoms with E-state index >= 15 is 0 Å². The summed E-state index contributed by atoms with van der Waals surface area (Å²) in [6, 6.07) is 3.13. The van der Waals surface area contributed by atoms with E-state index in [1.807, 2.05) is 0 Å². The molecule has 72 valence electrons. The van der Waals surface area contributed by atoms with Crippen molar-refractivity contribution in [2.45, 2.75) is 5.75 Å². The van der Waals surface area contributed by atoms with Gasteiger partial charge in [0.25, 0.3) is 0 Å². The summed E-state index contributed by atoms with van der Waals surface area (Å²) in [6.45, 7) is 0. The van der Waals surface area contributed by atoms with Gasteiger partial charge in [-0.05, 0) is 23.8 Å². The van der Waals surface area contributed by atoms with Crippen molar-refractivity contribution in [1.82, 2.24) is 0 Å². The Hall–Kier alpha value is -0.680. The Morgan fingerprint density at radius 3 is 2.54 bits per heavy atom. The summed E-state index contributed by atoms with van der Waals surface area (Å²) in [4.78, 5) is 0. The first-order valence-corrected chi connectivity index (χ1v) is 5.18. The molecule has 6 heteroatoms. The van der Waals surface area contributed by atoms with Crippen molar-refractivity contribution >= 4 is 21.8 Å². The molecule has 1 aromatic carbocycles. The smallest absolute Gasteiger partial charge is 0.207 e. The molecule has 0 saturated carbocycles. The lowest BCUT2D eigenvalue weighted by Gasteiger charge is -2.00. The average molecular weight is 227 g/mol. The van der Waals surface area contributed by atoms with Gasteiger partial charge in [0.05, 0.1) is 0 Å². The van der Waals surface area contributed by atoms with Gasteiger partial charge < -0.3 is 0 Å². The lowest BCUT2D eigenvalue weighted by molar-refractivity contribution is 0.551. The number of hydrogen-bond donors (Lipinski definition) is 0. The summed E-state index contributed by atoms with van der Waals surface area (Å²) in [5.41, 5.74) is -0.0795. The number of hydrogen-bond acceptors (Lipinski definition) is 2. The molecule has 0 bridgehead atoms. The highest BCUT2D eigenvalue weighted by Gasteiger charge is 2.12. The third-order valence-corrected chi connectivity index (χ3v) is 2.36. The zero-order chi connectivity index (χ0) is 10.1. The molecule has 1 rings (SSSR count). The van der Waals surface area contributed by atoms with E-state index in [1.165, 1.54) is 6.07 Å². The van der Waals surface area contributed by atoms with Crippen molar-refractivity contribution in [3.05, 3.63) is 34.6 Å². The third-order valence-electron chi connectivity index (χ3n) is 1.34. The van der Waals surface area contributed by atoms with Gasteiger partial charge in [-0.25, -0.2) is 4.39 Å². The van der Waals surface area contributed by atoms with Crippen molar-refractivity contribution in [2.24, 2.45) is 0 Å². The maximum atomic E-state index is 12.5. The van der Waals surface area contributed by atoms with Gasteiger partial charge in [0.15, 0.2) is 0 Å². The summed E-state index contributed by atoms with van der Waals surface area (Å²) in [7, 11) is -4.67. The lowest BCUT2D eigenvalue weighted by Crippen LogP contribution is -1.97. The van der Waals surface area contributed by atoms with Gasteiger partial charge in [0, 0.05) is 5.02 Å². The molecule has 0 aliphatic carbocycles. The second-order valence-electron chi connectivity index (χ2n) is 2.42. The fraction of sp³-hybridized carbons (Fsp3) is 0.143. The van der Waals surface area contributed by atoms with E-state index in [2.05, 4.69) is 0 Å². The van der Waals surface area contributed by atoms with Crippen LogP contribution in [0.15, 0.2) is 18.2 Å². The molecular formula is C7H5ClF2O2S. The lowest BCUT2D eigenvalue weighted by atomic mass is 10.2. The Kier molecular flexibility index (Phi) is 2.87. The number of rotatable bonds is 2. The maximum Gasteiger partial charge on any atom is 0.306 e. The molecule has 0 unspecified atom stereocenters. The van der Waals surface area contributed by atoms with E-state index in [0.717, 1.165) is 12.1 Å². The normalized spacial score (nSPS) is 11.6. The van der Waals surface area contributed by atoms with Crippen molar-refractivity contribution in [3.63, 3.8) is 0 Å². The molecule has 0 N–H and O–H groups in total. The summed E-state index contributed by atoms with van der Waals surface area (Å²) in [6.07, 6.45) is 0. The summed E-state index contributed by atoms with van der Waals surface area (Å²) >= 11 is 5.50. The van der Waals surface area contributed by atoms with Crippen molar-refractivity contribution in [3.8, 4) is 0 Å². The summed E-state index contributed by atoms with van der Waals surface area (Å²) < 4.78 is 45.2. The molecule has 0 aliphatic rings. The van der Waals surface area contributed by atoms with Crippen molar-refractivity contribution in [2.75, 3.05) is 0 Å². The first kappa shape index (κ1) is 10.4. The predicted octanol–water partition coefficient (Wildman–Crippen LogP) is 2.28. The van der Waals surface area contributed by atoms with Gasteiger partial charge in [-0.1, -0.05) is 11.6 Å². The van der Waals surface area contributed by atoms with Gasteiger partial charge >= 0.3 is 10.2 Å². The van der Waals surface area contributed by atoms with Crippen molar-refractivity contribution < 1.29 is 16.7 Å². The highest BCUT2D eigenvalue weighted by molar-refractivity contribution is 7.85. The van der Waals surface area contributed by atoms with Gasteiger partial charge in [0.2, 0.25) is 0 Å². The van der Waals surface area contributed by atoms with E-state index in [9.17, 15) is 16.7 Å². The fourth-order valence-electron chi connectivity index (χ4n) is 0.840. The van der Waals surface area contributed by atoms with Crippen LogP contribution in [0.4, 0.5) is 8.28 Å². The van der Waals surface area contributed by atoms with Gasteiger partial charge in [0.1, 0.15) is 11.6 Å². The molecule has 13 heavy (non-hydrogen) atoms. The SMILES string of the molecule is O=S(=O)(F)Cc1cc(F)ccc1Cl. The minimum Gasteiger partial charge on any atom is -0.207 e. The van der Waals surface area contributed by atoms with Crippen LogP contribution in [0.1, 0.15) is 5.56 Å². The van der Waals surface area contributed by atoms with Crippen LogP contribution in [-0.2, 0) is 16.0 Å². The molecule has 0 aromatic heterocycles. The molecule has 1 aromatic rings. The van der Waals surface area contributed by atoms with E-state index in [4.69, 9.17) is 11.6 Å². The van der Waals surface area contributed by atoms with E-state index in [0.29, 0.717) is 0 Å².